The van der Waals surface area contributed by atoms with Gasteiger partial charge in [0.15, 0.2) is 0 Å². The average molecular weight is 264 g/mol. The van der Waals surface area contributed by atoms with Crippen molar-refractivity contribution in [2.24, 2.45) is 11.8 Å². The predicted octanol–water partition coefficient (Wildman–Crippen LogP) is 1.76. The van der Waals surface area contributed by atoms with E-state index < -0.39 is 0 Å². The van der Waals surface area contributed by atoms with E-state index in [-0.39, 0.29) is 23.3 Å². The molecule has 0 saturated heterocycles. The van der Waals surface area contributed by atoms with Gasteiger partial charge in [0.05, 0.1) is 5.54 Å². The lowest BCUT2D eigenvalue weighted by Gasteiger charge is -2.38. The van der Waals surface area contributed by atoms with Gasteiger partial charge in [0.25, 0.3) is 0 Å². The minimum Gasteiger partial charge on any atom is -0.354 e. The zero-order valence-electron chi connectivity index (χ0n) is 11.7. The molecule has 0 aliphatic heterocycles. The van der Waals surface area contributed by atoms with E-state index in [0.29, 0.717) is 12.5 Å². The normalized spacial score (nSPS) is 28.3. The molecule has 2 aliphatic carbocycles. The molecule has 106 valence electrons. The Hall–Kier alpha value is -1.32. The SMILES string of the molecule is C=CC(=O)NC1(CNC(=O)[C@H]2C[C@@H]2C)CCCCC1. The summed E-state index contributed by atoms with van der Waals surface area (Å²) in [6.07, 6.45) is 7.60. The van der Waals surface area contributed by atoms with Gasteiger partial charge in [-0.3, -0.25) is 9.59 Å². The highest BCUT2D eigenvalue weighted by Crippen LogP contribution is 2.38. The molecule has 0 unspecified atom stereocenters. The molecule has 2 aliphatic rings. The van der Waals surface area contributed by atoms with Gasteiger partial charge in [-0.1, -0.05) is 32.8 Å². The van der Waals surface area contributed by atoms with Gasteiger partial charge in [0, 0.05) is 12.5 Å². The van der Waals surface area contributed by atoms with Gasteiger partial charge in [-0.25, -0.2) is 0 Å². The van der Waals surface area contributed by atoms with E-state index in [1.165, 1.54) is 12.5 Å². The molecule has 4 heteroatoms. The van der Waals surface area contributed by atoms with Crippen LogP contribution < -0.4 is 10.6 Å². The molecule has 0 spiro atoms. The first kappa shape index (κ1) is 14.1. The van der Waals surface area contributed by atoms with Gasteiger partial charge in [0.1, 0.15) is 0 Å². The number of carbonyl (C=O) groups is 2. The molecule has 2 rings (SSSR count). The number of hydrogen-bond acceptors (Lipinski definition) is 2. The van der Waals surface area contributed by atoms with E-state index in [1.54, 1.807) is 0 Å². The lowest BCUT2D eigenvalue weighted by molar-refractivity contribution is -0.124. The number of rotatable bonds is 5. The molecule has 0 bridgehead atoms. The largest absolute Gasteiger partial charge is 0.354 e. The first-order valence-electron chi connectivity index (χ1n) is 7.29. The quantitative estimate of drug-likeness (QED) is 0.743. The van der Waals surface area contributed by atoms with Gasteiger partial charge >= 0.3 is 0 Å². The van der Waals surface area contributed by atoms with Crippen molar-refractivity contribution in [3.8, 4) is 0 Å². The molecule has 2 N–H and O–H groups in total. The first-order valence-corrected chi connectivity index (χ1v) is 7.29. The van der Waals surface area contributed by atoms with Crippen LogP contribution >= 0.6 is 0 Å². The fourth-order valence-electron chi connectivity index (χ4n) is 2.96. The molecule has 4 nitrogen and oxygen atoms in total. The molecule has 0 heterocycles. The van der Waals surface area contributed by atoms with Crippen molar-refractivity contribution in [3.05, 3.63) is 12.7 Å². The van der Waals surface area contributed by atoms with Crippen LogP contribution in [-0.2, 0) is 9.59 Å². The molecule has 2 amide bonds. The van der Waals surface area contributed by atoms with Gasteiger partial charge in [-0.15, -0.1) is 0 Å². The van der Waals surface area contributed by atoms with Gasteiger partial charge in [0.2, 0.25) is 11.8 Å². The minimum absolute atomic E-state index is 0.143. The number of nitrogens with one attached hydrogen (secondary N) is 2. The molecule has 2 fully saturated rings. The van der Waals surface area contributed by atoms with E-state index in [9.17, 15) is 9.59 Å². The summed E-state index contributed by atoms with van der Waals surface area (Å²) in [6.45, 7) is 6.15. The smallest absolute Gasteiger partial charge is 0.243 e. The number of amides is 2. The summed E-state index contributed by atoms with van der Waals surface area (Å²) in [5.74, 6) is 0.710. The van der Waals surface area contributed by atoms with Crippen LogP contribution in [0.25, 0.3) is 0 Å². The maximum absolute atomic E-state index is 11.9. The minimum atomic E-state index is -0.267. The highest BCUT2D eigenvalue weighted by Gasteiger charge is 2.40. The standard InChI is InChI=1S/C15H24N2O2/c1-3-13(18)17-15(7-5-4-6-8-15)10-16-14(19)12-9-11(12)2/h3,11-12H,1,4-10H2,2H3,(H,16,19)(H,17,18)/t11-,12-/m0/s1. The zero-order chi connectivity index (χ0) is 13.9. The van der Waals surface area contributed by atoms with Crippen LogP contribution in [0.2, 0.25) is 0 Å². The third-order valence-corrected chi connectivity index (χ3v) is 4.43. The van der Waals surface area contributed by atoms with Crippen molar-refractivity contribution in [3.63, 3.8) is 0 Å². The van der Waals surface area contributed by atoms with Gasteiger partial charge in [-0.05, 0) is 31.3 Å². The molecule has 2 atom stereocenters. The van der Waals surface area contributed by atoms with Crippen molar-refractivity contribution >= 4 is 11.8 Å². The van der Waals surface area contributed by atoms with Crippen LogP contribution in [0.3, 0.4) is 0 Å². The van der Waals surface area contributed by atoms with E-state index >= 15 is 0 Å². The molecule has 0 aromatic carbocycles. The van der Waals surface area contributed by atoms with Crippen LogP contribution in [0.5, 0.6) is 0 Å². The molecule has 0 aromatic heterocycles. The Morgan fingerprint density at radius 3 is 2.47 bits per heavy atom. The fourth-order valence-corrected chi connectivity index (χ4v) is 2.96. The van der Waals surface area contributed by atoms with Gasteiger partial charge in [-0.2, -0.15) is 0 Å². The summed E-state index contributed by atoms with van der Waals surface area (Å²) < 4.78 is 0. The van der Waals surface area contributed by atoms with E-state index in [4.69, 9.17) is 0 Å². The third-order valence-electron chi connectivity index (χ3n) is 4.43. The summed E-state index contributed by atoms with van der Waals surface area (Å²) in [5.41, 5.74) is -0.267. The van der Waals surface area contributed by atoms with Crippen molar-refractivity contribution in [2.75, 3.05) is 6.54 Å². The van der Waals surface area contributed by atoms with E-state index in [2.05, 4.69) is 24.1 Å². The van der Waals surface area contributed by atoms with Crippen LogP contribution in [0.4, 0.5) is 0 Å². The second-order valence-corrected chi connectivity index (χ2v) is 6.07. The summed E-state index contributed by atoms with van der Waals surface area (Å²) in [7, 11) is 0. The second-order valence-electron chi connectivity index (χ2n) is 6.07. The maximum atomic E-state index is 11.9. The lowest BCUT2D eigenvalue weighted by Crippen LogP contribution is -2.56. The van der Waals surface area contributed by atoms with E-state index in [1.807, 2.05) is 0 Å². The Labute approximate surface area is 115 Å². The van der Waals surface area contributed by atoms with Crippen molar-refractivity contribution in [2.45, 2.75) is 51.0 Å². The van der Waals surface area contributed by atoms with Crippen molar-refractivity contribution in [1.82, 2.24) is 10.6 Å². The van der Waals surface area contributed by atoms with Crippen molar-refractivity contribution < 1.29 is 9.59 Å². The Morgan fingerprint density at radius 1 is 1.32 bits per heavy atom. The Kier molecular flexibility index (Phi) is 4.27. The summed E-state index contributed by atoms with van der Waals surface area (Å²) in [5, 5.41) is 6.06. The second kappa shape index (κ2) is 5.76. The predicted molar refractivity (Wildman–Crippen MR) is 74.4 cm³/mol. The molecule has 2 saturated carbocycles. The average Bonchev–Trinajstić information content (AvgIpc) is 3.14. The van der Waals surface area contributed by atoms with Crippen LogP contribution in [-0.4, -0.2) is 23.9 Å². The number of carbonyl (C=O) groups excluding carboxylic acids is 2. The highest BCUT2D eigenvalue weighted by atomic mass is 16.2. The number of hydrogen-bond donors (Lipinski definition) is 2. The molecule has 0 aromatic rings. The van der Waals surface area contributed by atoms with Crippen LogP contribution in [0.15, 0.2) is 12.7 Å². The van der Waals surface area contributed by atoms with Gasteiger partial charge < -0.3 is 10.6 Å². The molecular formula is C15H24N2O2. The molecular weight excluding hydrogens is 240 g/mol. The Balaban J connectivity index is 1.91. The summed E-state index contributed by atoms with van der Waals surface area (Å²) >= 11 is 0. The monoisotopic (exact) mass is 264 g/mol. The Bertz CT molecular complexity index is 372. The third kappa shape index (κ3) is 3.58. The molecule has 0 radical (unpaired) electrons. The topological polar surface area (TPSA) is 58.2 Å². The summed E-state index contributed by atoms with van der Waals surface area (Å²) in [6, 6.07) is 0. The zero-order valence-corrected chi connectivity index (χ0v) is 11.7. The molecule has 19 heavy (non-hydrogen) atoms. The summed E-state index contributed by atoms with van der Waals surface area (Å²) in [4.78, 5) is 23.5. The first-order chi connectivity index (χ1) is 9.06. The Morgan fingerprint density at radius 2 is 1.95 bits per heavy atom. The lowest BCUT2D eigenvalue weighted by atomic mass is 9.81. The van der Waals surface area contributed by atoms with Crippen LogP contribution in [0.1, 0.15) is 45.4 Å². The van der Waals surface area contributed by atoms with Crippen molar-refractivity contribution in [1.29, 1.82) is 0 Å². The highest BCUT2D eigenvalue weighted by molar-refractivity contribution is 5.87. The van der Waals surface area contributed by atoms with E-state index in [0.717, 1.165) is 32.1 Å². The van der Waals surface area contributed by atoms with Crippen LogP contribution in [0, 0.1) is 11.8 Å². The fraction of sp³-hybridized carbons (Fsp3) is 0.733. The maximum Gasteiger partial charge on any atom is 0.243 e.